The highest BCUT2D eigenvalue weighted by Crippen LogP contribution is 2.24. The van der Waals surface area contributed by atoms with E-state index in [0.29, 0.717) is 6.54 Å². The van der Waals surface area contributed by atoms with Crippen molar-refractivity contribution in [1.29, 1.82) is 0 Å². The summed E-state index contributed by atoms with van der Waals surface area (Å²) in [7, 11) is 1.81. The van der Waals surface area contributed by atoms with Crippen molar-refractivity contribution in [3.05, 3.63) is 48.0 Å². The minimum Gasteiger partial charge on any atom is -0.468 e. The number of hydrogen-bond acceptors (Lipinski definition) is 5. The first-order chi connectivity index (χ1) is 15.3. The second-order valence-corrected chi connectivity index (χ2v) is 8.51. The highest BCUT2D eigenvalue weighted by molar-refractivity contribution is 5.79. The summed E-state index contributed by atoms with van der Waals surface area (Å²) in [5, 5.41) is 6.91. The Morgan fingerprint density at radius 1 is 1.03 bits per heavy atom. The Morgan fingerprint density at radius 3 is 2.45 bits per heavy atom. The molecule has 0 bridgehead atoms. The number of anilines is 1. The van der Waals surface area contributed by atoms with Crippen LogP contribution in [-0.2, 0) is 6.54 Å². The summed E-state index contributed by atoms with van der Waals surface area (Å²) < 4.78 is 5.72. The summed E-state index contributed by atoms with van der Waals surface area (Å²) in [6.45, 7) is 5.94. The molecule has 2 aliphatic rings. The van der Waals surface area contributed by atoms with Crippen LogP contribution in [0.3, 0.4) is 0 Å². The largest absolute Gasteiger partial charge is 0.468 e. The normalized spacial score (nSPS) is 19.3. The van der Waals surface area contributed by atoms with Crippen molar-refractivity contribution >= 4 is 11.8 Å². The zero-order valence-corrected chi connectivity index (χ0v) is 18.7. The molecule has 2 N–H and O–H groups in total. The van der Waals surface area contributed by atoms with Gasteiger partial charge >= 0.3 is 0 Å². The van der Waals surface area contributed by atoms with Gasteiger partial charge in [-0.1, -0.05) is 18.9 Å². The van der Waals surface area contributed by atoms with Gasteiger partial charge in [-0.15, -0.1) is 0 Å². The number of aromatic nitrogens is 1. The summed E-state index contributed by atoms with van der Waals surface area (Å²) in [6, 6.07) is 8.58. The van der Waals surface area contributed by atoms with Crippen LogP contribution in [0.1, 0.15) is 55.9 Å². The Bertz CT molecular complexity index is 790. The van der Waals surface area contributed by atoms with Crippen molar-refractivity contribution in [1.82, 2.24) is 20.5 Å². The Hall–Kier alpha value is -2.54. The lowest BCUT2D eigenvalue weighted by Crippen LogP contribution is -2.42. The molecule has 0 aromatic carbocycles. The zero-order chi connectivity index (χ0) is 21.3. The van der Waals surface area contributed by atoms with E-state index in [0.717, 1.165) is 55.8 Å². The molecule has 168 valence electrons. The smallest absolute Gasteiger partial charge is 0.191 e. The lowest BCUT2D eigenvalue weighted by atomic mass is 10.2. The van der Waals surface area contributed by atoms with Crippen molar-refractivity contribution in [2.24, 2.45) is 4.99 Å². The number of aliphatic imine (C=N–C) groups is 1. The third-order valence-electron chi connectivity index (χ3n) is 6.34. The van der Waals surface area contributed by atoms with Crippen LogP contribution in [0, 0.1) is 0 Å². The molecule has 7 heteroatoms. The maximum absolute atomic E-state index is 5.72. The van der Waals surface area contributed by atoms with Crippen LogP contribution in [0.2, 0.25) is 0 Å². The summed E-state index contributed by atoms with van der Waals surface area (Å²) in [6.07, 6.45) is 11.5. The molecule has 4 heterocycles. The van der Waals surface area contributed by atoms with E-state index in [1.165, 1.54) is 38.5 Å². The van der Waals surface area contributed by atoms with E-state index in [4.69, 9.17) is 9.40 Å². The minimum absolute atomic E-state index is 0.227. The zero-order valence-electron chi connectivity index (χ0n) is 18.7. The number of nitrogens with zero attached hydrogens (tertiary/aromatic N) is 4. The predicted octanol–water partition coefficient (Wildman–Crippen LogP) is 3.56. The number of guanidine groups is 1. The van der Waals surface area contributed by atoms with Crippen molar-refractivity contribution in [2.45, 2.75) is 51.1 Å². The first kappa shape index (κ1) is 21.7. The van der Waals surface area contributed by atoms with E-state index in [1.807, 2.05) is 19.3 Å². The van der Waals surface area contributed by atoms with Crippen molar-refractivity contribution in [3.63, 3.8) is 0 Å². The van der Waals surface area contributed by atoms with E-state index in [2.05, 4.69) is 43.6 Å². The van der Waals surface area contributed by atoms with Gasteiger partial charge in [0.15, 0.2) is 5.96 Å². The van der Waals surface area contributed by atoms with Gasteiger partial charge in [0.1, 0.15) is 11.6 Å². The Morgan fingerprint density at radius 2 is 1.81 bits per heavy atom. The molecular weight excluding hydrogens is 388 g/mol. The van der Waals surface area contributed by atoms with Gasteiger partial charge in [0, 0.05) is 39.4 Å². The molecule has 7 nitrogen and oxygen atoms in total. The number of pyridine rings is 1. The van der Waals surface area contributed by atoms with Crippen LogP contribution >= 0.6 is 0 Å². The Balaban J connectivity index is 1.29. The molecule has 0 radical (unpaired) electrons. The summed E-state index contributed by atoms with van der Waals surface area (Å²) in [5.74, 6) is 2.91. The maximum Gasteiger partial charge on any atom is 0.191 e. The van der Waals surface area contributed by atoms with Crippen molar-refractivity contribution < 1.29 is 4.42 Å². The fraction of sp³-hybridized carbons (Fsp3) is 0.583. The summed E-state index contributed by atoms with van der Waals surface area (Å²) in [4.78, 5) is 14.0. The average molecular weight is 425 g/mol. The standard InChI is InChI=1S/C24H36N6O/c1-25-24(28-19-21(22-9-8-16-31-22)29-12-6-7-13-29)27-18-20-10-11-23(26-17-20)30-14-4-2-3-5-15-30/h8-11,16-17,21H,2-7,12-15,18-19H2,1H3,(H2,25,27,28). The van der Waals surface area contributed by atoms with Crippen LogP contribution in [0.5, 0.6) is 0 Å². The topological polar surface area (TPSA) is 68.9 Å². The van der Waals surface area contributed by atoms with Gasteiger partial charge in [-0.05, 0) is 62.5 Å². The molecule has 2 aromatic rings. The van der Waals surface area contributed by atoms with Gasteiger partial charge in [-0.2, -0.15) is 0 Å². The molecule has 0 spiro atoms. The first-order valence-electron chi connectivity index (χ1n) is 11.8. The van der Waals surface area contributed by atoms with E-state index in [-0.39, 0.29) is 6.04 Å². The van der Waals surface area contributed by atoms with Crippen molar-refractivity contribution in [2.75, 3.05) is 44.7 Å². The van der Waals surface area contributed by atoms with Crippen LogP contribution in [-0.4, -0.2) is 55.6 Å². The van der Waals surface area contributed by atoms with Gasteiger partial charge in [-0.3, -0.25) is 9.89 Å². The maximum atomic E-state index is 5.72. The quantitative estimate of drug-likeness (QED) is 0.523. The number of likely N-dealkylation sites (tertiary alicyclic amines) is 1. The molecule has 4 rings (SSSR count). The number of rotatable bonds is 7. The molecule has 31 heavy (non-hydrogen) atoms. The minimum atomic E-state index is 0.227. The van der Waals surface area contributed by atoms with Gasteiger partial charge in [-0.25, -0.2) is 4.98 Å². The molecule has 0 saturated carbocycles. The Labute approximate surface area is 185 Å². The lowest BCUT2D eigenvalue weighted by molar-refractivity contribution is 0.215. The molecule has 1 atom stereocenters. The third kappa shape index (κ3) is 6.00. The monoisotopic (exact) mass is 424 g/mol. The number of nitrogens with one attached hydrogen (secondary N) is 2. The second-order valence-electron chi connectivity index (χ2n) is 8.51. The molecule has 1 unspecified atom stereocenters. The highest BCUT2D eigenvalue weighted by Gasteiger charge is 2.25. The Kier molecular flexibility index (Phi) is 7.82. The number of furan rings is 1. The fourth-order valence-electron chi connectivity index (χ4n) is 4.55. The molecule has 2 aromatic heterocycles. The lowest BCUT2D eigenvalue weighted by Gasteiger charge is -2.26. The second kappa shape index (κ2) is 11.2. The van der Waals surface area contributed by atoms with E-state index in [1.54, 1.807) is 6.26 Å². The van der Waals surface area contributed by atoms with Gasteiger partial charge < -0.3 is 20.0 Å². The van der Waals surface area contributed by atoms with E-state index in [9.17, 15) is 0 Å². The van der Waals surface area contributed by atoms with Crippen LogP contribution in [0.4, 0.5) is 5.82 Å². The molecule has 2 aliphatic heterocycles. The van der Waals surface area contributed by atoms with Crippen LogP contribution in [0.25, 0.3) is 0 Å². The van der Waals surface area contributed by atoms with Gasteiger partial charge in [0.05, 0.1) is 12.3 Å². The molecule has 2 saturated heterocycles. The predicted molar refractivity (Wildman–Crippen MR) is 125 cm³/mol. The molecule has 0 aliphatic carbocycles. The van der Waals surface area contributed by atoms with Crippen LogP contribution in [0.15, 0.2) is 46.1 Å². The van der Waals surface area contributed by atoms with Crippen molar-refractivity contribution in [3.8, 4) is 0 Å². The average Bonchev–Trinajstić information content (AvgIpc) is 3.47. The van der Waals surface area contributed by atoms with Gasteiger partial charge in [0.2, 0.25) is 0 Å². The fourth-order valence-corrected chi connectivity index (χ4v) is 4.55. The molecule has 0 amide bonds. The van der Waals surface area contributed by atoms with E-state index >= 15 is 0 Å². The van der Waals surface area contributed by atoms with Crippen LogP contribution < -0.4 is 15.5 Å². The van der Waals surface area contributed by atoms with Gasteiger partial charge in [0.25, 0.3) is 0 Å². The first-order valence-corrected chi connectivity index (χ1v) is 11.8. The number of hydrogen-bond donors (Lipinski definition) is 2. The highest BCUT2D eigenvalue weighted by atomic mass is 16.3. The molecule has 2 fully saturated rings. The molecular formula is C24H36N6O. The third-order valence-corrected chi connectivity index (χ3v) is 6.34. The SMILES string of the molecule is CN=C(NCc1ccc(N2CCCCCC2)nc1)NCC(c1ccco1)N1CCCC1. The van der Waals surface area contributed by atoms with E-state index < -0.39 is 0 Å². The summed E-state index contributed by atoms with van der Waals surface area (Å²) >= 11 is 0. The summed E-state index contributed by atoms with van der Waals surface area (Å²) in [5.41, 5.74) is 1.16.